The molecular formula is C36H57NO6SSi. The first-order valence-electron chi connectivity index (χ1n) is 17.1. The van der Waals surface area contributed by atoms with Crippen LogP contribution in [0.25, 0.3) is 0 Å². The third-order valence-corrected chi connectivity index (χ3v) is 14.8. The Morgan fingerprint density at radius 3 is 1.71 bits per heavy atom. The number of nitrogens with one attached hydrogen (secondary N) is 1. The molecule has 3 atom stereocenters. The summed E-state index contributed by atoms with van der Waals surface area (Å²) in [6, 6.07) is 19.8. The lowest BCUT2D eigenvalue weighted by Gasteiger charge is -2.44. The molecule has 0 aromatic heterocycles. The zero-order valence-corrected chi connectivity index (χ0v) is 30.1. The van der Waals surface area contributed by atoms with E-state index in [0.717, 1.165) is 29.6 Å². The van der Waals surface area contributed by atoms with Gasteiger partial charge in [0.25, 0.3) is 8.32 Å². The molecule has 7 nitrogen and oxygen atoms in total. The Labute approximate surface area is 274 Å². The van der Waals surface area contributed by atoms with Crippen LogP contribution in [-0.4, -0.2) is 47.5 Å². The minimum absolute atomic E-state index is 0.0886. The van der Waals surface area contributed by atoms with Gasteiger partial charge in [0.2, 0.25) is 5.91 Å². The molecule has 0 bridgehead atoms. The first-order chi connectivity index (χ1) is 21.5. The van der Waals surface area contributed by atoms with Gasteiger partial charge in [-0.25, -0.2) is 8.37 Å². The summed E-state index contributed by atoms with van der Waals surface area (Å²) in [6.45, 7) is 10.3. The molecule has 9 heteroatoms. The largest absolute Gasteiger partial charge is 0.405 e. The number of hydrogen-bond acceptors (Lipinski definition) is 6. The molecule has 1 N–H and O–H groups in total. The molecule has 1 aliphatic heterocycles. The average Bonchev–Trinajstić information content (AvgIpc) is 3.31. The second-order valence-corrected chi connectivity index (χ2v) is 19.1. The second-order valence-electron chi connectivity index (χ2n) is 13.6. The van der Waals surface area contributed by atoms with Gasteiger partial charge in [0.1, 0.15) is 12.2 Å². The van der Waals surface area contributed by atoms with E-state index in [4.69, 9.17) is 12.8 Å². The SMILES string of the molecule is CCCCCCCCCCCCCC[C@H]1OS(=O)(=O)O[C@H]1[C@H](CO[Si](c1ccccc1)(c1ccccc1)C(C)(C)C)NC(C)=O. The summed E-state index contributed by atoms with van der Waals surface area (Å²) < 4.78 is 43.2. The van der Waals surface area contributed by atoms with Gasteiger partial charge in [0.15, 0.2) is 0 Å². The number of rotatable bonds is 20. The van der Waals surface area contributed by atoms with Crippen LogP contribution in [0.5, 0.6) is 0 Å². The number of benzene rings is 2. The van der Waals surface area contributed by atoms with Crippen molar-refractivity contribution >= 4 is 35.0 Å². The van der Waals surface area contributed by atoms with E-state index in [9.17, 15) is 13.2 Å². The molecule has 1 aliphatic rings. The van der Waals surface area contributed by atoms with Crippen LogP contribution in [0.4, 0.5) is 0 Å². The van der Waals surface area contributed by atoms with Crippen molar-refractivity contribution in [3.8, 4) is 0 Å². The Hall–Kier alpha value is -2.04. The van der Waals surface area contributed by atoms with Gasteiger partial charge in [-0.15, -0.1) is 0 Å². The van der Waals surface area contributed by atoms with Crippen molar-refractivity contribution in [3.05, 3.63) is 60.7 Å². The van der Waals surface area contributed by atoms with Gasteiger partial charge in [-0.05, 0) is 21.8 Å². The smallest absolute Gasteiger partial charge is 0.400 e. The molecule has 1 heterocycles. The molecule has 45 heavy (non-hydrogen) atoms. The lowest BCUT2D eigenvalue weighted by molar-refractivity contribution is -0.120. The minimum Gasteiger partial charge on any atom is -0.405 e. The fourth-order valence-corrected chi connectivity index (χ4v) is 12.3. The maximum Gasteiger partial charge on any atom is 0.400 e. The molecule has 1 saturated heterocycles. The molecule has 1 fully saturated rings. The molecule has 0 unspecified atom stereocenters. The predicted octanol–water partition coefficient (Wildman–Crippen LogP) is 7.19. The molecule has 1 amide bonds. The van der Waals surface area contributed by atoms with E-state index in [1.165, 1.54) is 64.7 Å². The van der Waals surface area contributed by atoms with Crippen LogP contribution in [0.2, 0.25) is 5.04 Å². The minimum atomic E-state index is -4.17. The number of unbranched alkanes of at least 4 members (excludes halogenated alkanes) is 11. The van der Waals surface area contributed by atoms with Crippen molar-refractivity contribution in [2.24, 2.45) is 0 Å². The third-order valence-electron chi connectivity index (χ3n) is 8.86. The van der Waals surface area contributed by atoms with Gasteiger partial charge < -0.3 is 9.74 Å². The standard InChI is InChI=1S/C36H57NO6SSi/c1-6-7-8-9-10-11-12-13-14-15-16-23-28-34-35(43-44(39,40)42-34)33(37-30(2)38)29-41-45(36(3,4)5,31-24-19-17-20-25-31)32-26-21-18-22-27-32/h17-22,24-27,33-35H,6-16,23,28-29H2,1-5H3,(H,37,38)/t33-,34+,35-/m0/s1. The molecule has 3 rings (SSSR count). The Balaban J connectivity index is 1.68. The quantitative estimate of drug-likeness (QED) is 0.120. The molecule has 252 valence electrons. The summed E-state index contributed by atoms with van der Waals surface area (Å²) in [5, 5.41) is 4.89. The van der Waals surface area contributed by atoms with Gasteiger partial charge in [-0.3, -0.25) is 4.79 Å². The maximum atomic E-state index is 12.6. The maximum absolute atomic E-state index is 12.6. The summed E-state index contributed by atoms with van der Waals surface area (Å²) in [7, 11) is -7.10. The van der Waals surface area contributed by atoms with Crippen LogP contribution < -0.4 is 15.7 Å². The van der Waals surface area contributed by atoms with Crippen molar-refractivity contribution in [1.82, 2.24) is 5.32 Å². The van der Waals surface area contributed by atoms with E-state index in [1.807, 2.05) is 36.4 Å². The van der Waals surface area contributed by atoms with E-state index in [2.05, 4.69) is 57.3 Å². The zero-order chi connectivity index (χ0) is 32.8. The number of carbonyl (C=O) groups is 1. The summed E-state index contributed by atoms with van der Waals surface area (Å²) in [5.74, 6) is -0.275. The van der Waals surface area contributed by atoms with Gasteiger partial charge in [-0.1, -0.05) is 165 Å². The van der Waals surface area contributed by atoms with E-state index >= 15 is 0 Å². The number of hydrogen-bond donors (Lipinski definition) is 1. The van der Waals surface area contributed by atoms with E-state index in [1.54, 1.807) is 0 Å². The van der Waals surface area contributed by atoms with Crippen LogP contribution in [0.15, 0.2) is 60.7 Å². The Bertz CT molecular complexity index is 1200. The van der Waals surface area contributed by atoms with E-state index in [0.29, 0.717) is 6.42 Å². The summed E-state index contributed by atoms with van der Waals surface area (Å²) in [6.07, 6.45) is 13.7. The van der Waals surface area contributed by atoms with Crippen molar-refractivity contribution in [2.45, 2.75) is 141 Å². The lowest BCUT2D eigenvalue weighted by Crippen LogP contribution is -2.68. The fourth-order valence-electron chi connectivity index (χ4n) is 6.61. The highest BCUT2D eigenvalue weighted by Crippen LogP contribution is 2.37. The molecule has 2 aromatic carbocycles. The van der Waals surface area contributed by atoms with Gasteiger partial charge in [-0.2, -0.15) is 8.42 Å². The molecule has 0 aliphatic carbocycles. The van der Waals surface area contributed by atoms with E-state index < -0.39 is 37.0 Å². The molecule has 0 saturated carbocycles. The first-order valence-corrected chi connectivity index (χ1v) is 20.4. The number of amides is 1. The summed E-state index contributed by atoms with van der Waals surface area (Å²) in [4.78, 5) is 12.4. The Kier molecular flexibility index (Phi) is 15.2. The monoisotopic (exact) mass is 659 g/mol. The Morgan fingerprint density at radius 1 is 0.800 bits per heavy atom. The summed E-state index contributed by atoms with van der Waals surface area (Å²) in [5.41, 5.74) is 0. The normalized spacial score (nSPS) is 19.0. The summed E-state index contributed by atoms with van der Waals surface area (Å²) >= 11 is 0. The van der Waals surface area contributed by atoms with Crippen LogP contribution in [-0.2, 0) is 28.0 Å². The highest BCUT2D eigenvalue weighted by molar-refractivity contribution is 7.82. The first kappa shape index (κ1) is 37.4. The van der Waals surface area contributed by atoms with Crippen molar-refractivity contribution < 1.29 is 26.0 Å². The number of carbonyl (C=O) groups excluding carboxylic acids is 1. The molecule has 2 aromatic rings. The third kappa shape index (κ3) is 11.3. The topological polar surface area (TPSA) is 90.9 Å². The van der Waals surface area contributed by atoms with Crippen molar-refractivity contribution in [3.63, 3.8) is 0 Å². The van der Waals surface area contributed by atoms with Crippen LogP contribution in [0.1, 0.15) is 118 Å². The Morgan fingerprint density at radius 2 is 1.27 bits per heavy atom. The highest BCUT2D eigenvalue weighted by Gasteiger charge is 2.52. The van der Waals surface area contributed by atoms with Gasteiger partial charge in [0, 0.05) is 6.92 Å². The van der Waals surface area contributed by atoms with Gasteiger partial charge in [0.05, 0.1) is 12.6 Å². The highest BCUT2D eigenvalue weighted by atomic mass is 32.3. The molecule has 0 radical (unpaired) electrons. The molecule has 0 spiro atoms. The van der Waals surface area contributed by atoms with Crippen molar-refractivity contribution in [2.75, 3.05) is 6.61 Å². The molecular weight excluding hydrogens is 603 g/mol. The van der Waals surface area contributed by atoms with Gasteiger partial charge >= 0.3 is 10.4 Å². The van der Waals surface area contributed by atoms with Crippen LogP contribution in [0.3, 0.4) is 0 Å². The predicted molar refractivity (Wildman–Crippen MR) is 186 cm³/mol. The van der Waals surface area contributed by atoms with Crippen LogP contribution in [0, 0.1) is 0 Å². The second kappa shape index (κ2) is 18.3. The van der Waals surface area contributed by atoms with Crippen molar-refractivity contribution in [1.29, 1.82) is 0 Å². The van der Waals surface area contributed by atoms with Crippen LogP contribution >= 0.6 is 0 Å². The zero-order valence-electron chi connectivity index (χ0n) is 28.3. The lowest BCUT2D eigenvalue weighted by atomic mass is 9.99. The fraction of sp³-hybridized carbons (Fsp3) is 0.639. The van der Waals surface area contributed by atoms with E-state index in [-0.39, 0.29) is 17.6 Å². The average molecular weight is 660 g/mol.